The second kappa shape index (κ2) is 40.5. The molecular weight excluding hydrogens is 1330 g/mol. The first kappa shape index (κ1) is 79.4. The number of amides is 11. The molecule has 101 heavy (non-hydrogen) atoms. The summed E-state index contributed by atoms with van der Waals surface area (Å²) >= 11 is 1.90. The van der Waals surface area contributed by atoms with E-state index in [1.807, 2.05) is 24.8 Å². The molecule has 1 aromatic heterocycles. The van der Waals surface area contributed by atoms with E-state index < -0.39 is 59.2 Å². The number of hydroxylamine groups is 4. The van der Waals surface area contributed by atoms with Gasteiger partial charge in [0.15, 0.2) is 0 Å². The van der Waals surface area contributed by atoms with Crippen LogP contribution in [0.4, 0.5) is 20.3 Å². The minimum absolute atomic E-state index is 0.000930. The summed E-state index contributed by atoms with van der Waals surface area (Å²) in [5.41, 5.74) is -0.361. The molecule has 1 aliphatic carbocycles. The van der Waals surface area contributed by atoms with Gasteiger partial charge in [0, 0.05) is 134 Å². The van der Waals surface area contributed by atoms with Crippen molar-refractivity contribution in [1.82, 2.24) is 51.8 Å². The van der Waals surface area contributed by atoms with E-state index in [0.717, 1.165) is 95.6 Å². The second-order valence-corrected chi connectivity index (χ2v) is 28.0. The molecule has 0 saturated carbocycles. The number of benzene rings is 1. The number of nitrogens with zero attached hydrogens (tertiary/aromatic N) is 7. The molecule has 6 heterocycles. The Labute approximate surface area is 592 Å². The summed E-state index contributed by atoms with van der Waals surface area (Å²) in [6.45, 7) is 5.09. The van der Waals surface area contributed by atoms with E-state index in [1.165, 1.54) is 40.0 Å². The predicted octanol–water partition coefficient (Wildman–Crippen LogP) is 5.61. The lowest BCUT2D eigenvalue weighted by Crippen LogP contribution is -2.40. The van der Waals surface area contributed by atoms with Crippen molar-refractivity contribution < 1.29 is 91.1 Å². The highest BCUT2D eigenvalue weighted by atomic mass is 32.2. The van der Waals surface area contributed by atoms with Gasteiger partial charge in [-0.25, -0.2) is 24.0 Å². The first-order valence-electron chi connectivity index (χ1n) is 35.5. The normalized spacial score (nSPS) is 22.0. The summed E-state index contributed by atoms with van der Waals surface area (Å²) in [5.74, 6) is -2.31. The molecule has 554 valence electrons. The van der Waals surface area contributed by atoms with Crippen LogP contribution >= 0.6 is 11.8 Å². The number of carbonyl (C=O) groups is 13. The number of thioether (sulfide) groups is 1. The fourth-order valence-electron chi connectivity index (χ4n) is 12.2. The van der Waals surface area contributed by atoms with Gasteiger partial charge >= 0.3 is 36.0 Å². The van der Waals surface area contributed by atoms with Crippen LogP contribution in [-0.4, -0.2) is 190 Å². The van der Waals surface area contributed by atoms with Crippen LogP contribution in [0, 0.1) is 5.41 Å². The van der Waals surface area contributed by atoms with E-state index in [1.54, 1.807) is 32.0 Å². The number of likely N-dealkylation sites (N-methyl/N-ethyl adjacent to an activating group) is 2. The maximum Gasteiger partial charge on any atom is 0.410 e. The maximum atomic E-state index is 12.9. The predicted molar refractivity (Wildman–Crippen MR) is 364 cm³/mol. The van der Waals surface area contributed by atoms with Crippen molar-refractivity contribution in [2.75, 3.05) is 51.3 Å². The SMILES string of the molecule is CC1NC(=O)NC1CCCCCC(=O)NCCCCCC(=O)CCCN=C([O-])Nc1c[n+](-c2ccc(C(=O)ON3C(=O)CCC3=O)cc2)no1.CN(CCN(C)C(=O)OC1/C=C/CCC(C)(C(=O)ON2C(=O)CCC2=O)CC1)C(=O)CCCCCCC(=O)CCCCC1SCC2NC(=O)NC21. The van der Waals surface area contributed by atoms with Crippen LogP contribution in [0.15, 0.2) is 52.1 Å². The first-order chi connectivity index (χ1) is 48.4. The van der Waals surface area contributed by atoms with Crippen LogP contribution in [-0.2, 0) is 57.6 Å². The molecule has 0 bridgehead atoms. The largest absolute Gasteiger partial charge is 0.846 e. The lowest BCUT2D eigenvalue weighted by atomic mass is 9.79. The Kier molecular flexibility index (Phi) is 31.8. The van der Waals surface area contributed by atoms with Crippen molar-refractivity contribution in [3.63, 3.8) is 0 Å². The Morgan fingerprint density at radius 1 is 0.713 bits per heavy atom. The third kappa shape index (κ3) is 26.2. The highest BCUT2D eigenvalue weighted by Crippen LogP contribution is 2.36. The molecule has 31 nitrogen and oxygen atoms in total. The number of aliphatic imine (C=N–C) groups is 1. The molecule has 5 fully saturated rings. The maximum absolute atomic E-state index is 12.9. The average Bonchev–Trinajstić information content (AvgIpc) is 1.81. The average molecular weight is 1430 g/mol. The second-order valence-electron chi connectivity index (χ2n) is 26.8. The lowest BCUT2D eigenvalue weighted by Gasteiger charge is -2.31. The molecule has 1 aromatic carbocycles. The van der Waals surface area contributed by atoms with Gasteiger partial charge in [-0.15, -0.1) is 10.1 Å². The molecule has 7 atom stereocenters. The zero-order valence-corrected chi connectivity index (χ0v) is 59.3. The van der Waals surface area contributed by atoms with E-state index in [0.29, 0.717) is 111 Å². The highest BCUT2D eigenvalue weighted by Gasteiger charge is 2.44. The van der Waals surface area contributed by atoms with E-state index in [4.69, 9.17) is 18.9 Å². The molecule has 7 unspecified atom stereocenters. The van der Waals surface area contributed by atoms with Crippen LogP contribution in [0.25, 0.3) is 5.69 Å². The summed E-state index contributed by atoms with van der Waals surface area (Å²) in [6.07, 6.45) is 21.1. The van der Waals surface area contributed by atoms with E-state index in [9.17, 15) is 67.4 Å². The Morgan fingerprint density at radius 2 is 1.31 bits per heavy atom. The number of aromatic nitrogens is 2. The molecule has 5 aliphatic heterocycles. The van der Waals surface area contributed by atoms with Crippen LogP contribution < -0.4 is 41.7 Å². The summed E-state index contributed by atoms with van der Waals surface area (Å²) < 4.78 is 12.1. The van der Waals surface area contributed by atoms with E-state index in [2.05, 4.69) is 42.2 Å². The number of hydrogen-bond donors (Lipinski definition) is 6. The fourth-order valence-corrected chi connectivity index (χ4v) is 13.8. The van der Waals surface area contributed by atoms with Crippen molar-refractivity contribution in [1.29, 1.82) is 0 Å². The number of ketones is 2. The molecule has 6 N–H and O–H groups in total. The zero-order chi connectivity index (χ0) is 72.8. The number of carbonyl (C=O) groups excluding carboxylic acids is 13. The van der Waals surface area contributed by atoms with Crippen molar-refractivity contribution >= 4 is 101 Å². The Morgan fingerprint density at radius 3 is 1.98 bits per heavy atom. The number of hydrogen-bond acceptors (Lipinski definition) is 21. The van der Waals surface area contributed by atoms with Crippen LogP contribution in [0.3, 0.4) is 0 Å². The number of imide groups is 2. The molecule has 2 aromatic rings. The highest BCUT2D eigenvalue weighted by molar-refractivity contribution is 8.00. The smallest absolute Gasteiger partial charge is 0.410 e. The van der Waals surface area contributed by atoms with E-state index >= 15 is 0 Å². The Balaban J connectivity index is 0.000000283. The van der Waals surface area contributed by atoms with Crippen LogP contribution in [0.5, 0.6) is 0 Å². The third-order valence-corrected chi connectivity index (χ3v) is 20.1. The zero-order valence-electron chi connectivity index (χ0n) is 58.4. The number of ether oxygens (including phenoxy) is 1. The number of unbranched alkanes of at least 4 members (excludes halogenated alkanes) is 8. The summed E-state index contributed by atoms with van der Waals surface area (Å²) in [7, 11) is 3.32. The Bertz CT molecular complexity index is 3260. The summed E-state index contributed by atoms with van der Waals surface area (Å²) in [6, 6.07) is 5.79. The monoisotopic (exact) mass is 1430 g/mol. The number of Topliss-reactive ketones (excluding diaryl/α,β-unsaturated/α-hetero) is 2. The van der Waals surface area contributed by atoms with Gasteiger partial charge in [-0.3, -0.25) is 47.9 Å². The molecule has 0 spiro atoms. The molecule has 5 saturated heterocycles. The molecular formula is C69H99N13O18S. The molecule has 0 radical (unpaired) electrons. The van der Waals surface area contributed by atoms with Crippen molar-refractivity contribution in [2.24, 2.45) is 10.4 Å². The quantitative estimate of drug-likeness (QED) is 0.00905. The van der Waals surface area contributed by atoms with Gasteiger partial charge in [0.1, 0.15) is 17.7 Å². The summed E-state index contributed by atoms with van der Waals surface area (Å²) in [5, 5.41) is 34.5. The number of fused-ring (bicyclic) bond motifs is 1. The number of nitrogens with one attached hydrogen (secondary N) is 6. The molecule has 6 aliphatic rings. The fraction of sp³-hybridized carbons (Fsp3) is 0.652. The first-order valence-corrected chi connectivity index (χ1v) is 36.5. The van der Waals surface area contributed by atoms with Gasteiger partial charge in [0.25, 0.3) is 29.8 Å². The van der Waals surface area contributed by atoms with Gasteiger partial charge in [0.05, 0.1) is 35.1 Å². The van der Waals surface area contributed by atoms with Gasteiger partial charge in [-0.05, 0) is 120 Å². The molecule has 8 rings (SSSR count). The number of allylic oxidation sites excluding steroid dienone is 1. The number of amidine groups is 1. The van der Waals surface area contributed by atoms with Crippen LogP contribution in [0.1, 0.15) is 210 Å². The lowest BCUT2D eigenvalue weighted by molar-refractivity contribution is -0.670. The topological polar surface area (TPSA) is 400 Å². The third-order valence-electron chi connectivity index (χ3n) is 18.6. The van der Waals surface area contributed by atoms with Crippen molar-refractivity contribution in [3.05, 3.63) is 48.2 Å². The Hall–Kier alpha value is -8.97. The van der Waals surface area contributed by atoms with Crippen LogP contribution in [0.2, 0.25) is 0 Å². The minimum Gasteiger partial charge on any atom is -0.846 e. The van der Waals surface area contributed by atoms with Gasteiger partial charge in [-0.2, -0.15) is 11.8 Å². The van der Waals surface area contributed by atoms with Gasteiger partial charge < -0.3 is 61.2 Å². The van der Waals surface area contributed by atoms with Crippen molar-refractivity contribution in [3.8, 4) is 5.69 Å². The van der Waals surface area contributed by atoms with Gasteiger partial charge in [-0.1, -0.05) is 44.6 Å². The number of anilines is 1. The summed E-state index contributed by atoms with van der Waals surface area (Å²) in [4.78, 5) is 174. The number of rotatable bonds is 38. The van der Waals surface area contributed by atoms with E-state index in [-0.39, 0.29) is 104 Å². The van der Waals surface area contributed by atoms with Gasteiger partial charge in [0.2, 0.25) is 22.8 Å². The number of urea groups is 2. The van der Waals surface area contributed by atoms with Crippen molar-refractivity contribution in [2.45, 2.75) is 236 Å². The standard InChI is InChI=1S/C36H55N5O9S.C33H44N8O9/c1-36(33(46)50-41-30(44)17-18-31(41)45)20-11-10-14-26(19-21-36)49-35(48)40(3)23-22-39(2)29(43)16-7-5-4-6-12-25(42)13-8-9-15-28-32-27(24-51-28)37-34(47)38-32;1-22-26(37-33(48)36-22)11-5-2-6-12-27(43)34-19-7-3-4-9-25(42)10-8-20-35-32(47)38-28-21-40(39-49-28)24-15-13-23(14-16-24)31(46)50-41-29(44)17-18-30(41)45/h10,14,26-28,32H,4-9,11-13,15-24H2,1-3H3,(H2,37,38,47);13-16,21-22,26H,2-12,17-20H2,1H3,(H4-,34,35,36,37,38,39,43,47,48)/b14-10+;. The molecule has 32 heteroatoms. The molecule has 11 amide bonds. The minimum atomic E-state index is -0.958.